The fraction of sp³-hybridized carbons (Fsp3) is 0.190. The Bertz CT molecular complexity index is 1280. The average Bonchev–Trinajstić information content (AvgIpc) is 3.34. The fourth-order valence-corrected chi connectivity index (χ4v) is 3.60. The van der Waals surface area contributed by atoms with Gasteiger partial charge in [0.2, 0.25) is 11.7 Å². The summed E-state index contributed by atoms with van der Waals surface area (Å²) in [5.41, 5.74) is 2.13. The lowest BCUT2D eigenvalue weighted by Gasteiger charge is -2.28. The van der Waals surface area contributed by atoms with Crippen molar-refractivity contribution in [2.75, 3.05) is 18.6 Å². The number of anilines is 1. The van der Waals surface area contributed by atoms with E-state index in [4.69, 9.17) is 30.0 Å². The predicted octanol–water partition coefficient (Wildman–Crippen LogP) is 4.38. The van der Waals surface area contributed by atoms with Crippen molar-refractivity contribution in [2.45, 2.75) is 13.5 Å². The monoisotopic (exact) mass is 425 g/mol. The van der Waals surface area contributed by atoms with E-state index in [0.717, 1.165) is 16.7 Å². The van der Waals surface area contributed by atoms with Gasteiger partial charge in [0.1, 0.15) is 23.6 Å². The summed E-state index contributed by atoms with van der Waals surface area (Å²) >= 11 is 6.09. The van der Waals surface area contributed by atoms with Gasteiger partial charge in [0, 0.05) is 16.0 Å². The minimum absolute atomic E-state index is 0.0693. The van der Waals surface area contributed by atoms with E-state index in [9.17, 15) is 4.79 Å². The molecule has 4 aromatic rings. The molecule has 0 N–H and O–H groups in total. The van der Waals surface area contributed by atoms with Crippen LogP contribution in [0.25, 0.3) is 22.6 Å². The van der Waals surface area contributed by atoms with Gasteiger partial charge in [-0.1, -0.05) is 16.8 Å². The van der Waals surface area contributed by atoms with Crippen molar-refractivity contribution < 1.29 is 23.2 Å². The molecule has 2 aromatic carbocycles. The number of fused-ring (bicyclic) bond motifs is 2. The zero-order valence-electron chi connectivity index (χ0n) is 16.1. The number of carbonyl (C=O) groups excluding carboxylic acids is 1. The Morgan fingerprint density at radius 3 is 2.93 bits per heavy atom. The number of halogens is 1. The van der Waals surface area contributed by atoms with Crippen LogP contribution in [0.4, 0.5) is 5.69 Å². The van der Waals surface area contributed by atoms with Gasteiger partial charge in [0.15, 0.2) is 12.4 Å². The summed E-state index contributed by atoms with van der Waals surface area (Å²) in [6.45, 7) is 1.94. The van der Waals surface area contributed by atoms with E-state index in [-0.39, 0.29) is 24.9 Å². The van der Waals surface area contributed by atoms with Crippen LogP contribution in [0.3, 0.4) is 0 Å². The molecule has 0 radical (unpaired) electrons. The van der Waals surface area contributed by atoms with Gasteiger partial charge in [0.05, 0.1) is 12.8 Å². The number of aromatic nitrogens is 2. The first kappa shape index (κ1) is 18.5. The van der Waals surface area contributed by atoms with Gasteiger partial charge in [-0.05, 0) is 43.3 Å². The second kappa shape index (κ2) is 7.07. The summed E-state index contributed by atoms with van der Waals surface area (Å²) in [6.07, 6.45) is 0. The van der Waals surface area contributed by atoms with Crippen molar-refractivity contribution in [1.82, 2.24) is 10.1 Å². The minimum atomic E-state index is -0.225. The first-order valence-corrected chi connectivity index (χ1v) is 9.54. The fourth-order valence-electron chi connectivity index (χ4n) is 3.44. The zero-order valence-corrected chi connectivity index (χ0v) is 16.9. The molecule has 0 saturated heterocycles. The second-order valence-corrected chi connectivity index (χ2v) is 7.25. The van der Waals surface area contributed by atoms with Gasteiger partial charge in [-0.25, -0.2) is 0 Å². The molecule has 152 valence electrons. The van der Waals surface area contributed by atoms with Gasteiger partial charge in [-0.2, -0.15) is 4.98 Å². The lowest BCUT2D eigenvalue weighted by Crippen LogP contribution is -2.38. The number of hydrogen-bond acceptors (Lipinski definition) is 7. The Balaban J connectivity index is 1.47. The van der Waals surface area contributed by atoms with E-state index in [2.05, 4.69) is 10.1 Å². The van der Waals surface area contributed by atoms with Gasteiger partial charge in [0.25, 0.3) is 5.91 Å². The second-order valence-electron chi connectivity index (χ2n) is 6.81. The summed E-state index contributed by atoms with van der Waals surface area (Å²) < 4.78 is 22.1. The van der Waals surface area contributed by atoms with Gasteiger partial charge >= 0.3 is 0 Å². The van der Waals surface area contributed by atoms with Crippen molar-refractivity contribution in [3.05, 3.63) is 52.9 Å². The van der Waals surface area contributed by atoms with Crippen LogP contribution in [0.15, 0.2) is 45.3 Å². The molecule has 0 unspecified atom stereocenters. The highest BCUT2D eigenvalue weighted by Gasteiger charge is 2.28. The molecule has 2 aromatic heterocycles. The SMILES string of the molecule is COc1ccc2oc(-c3noc(CN4C(=O)COc5ccc(Cl)cc54)n3)c(C)c2c1. The summed E-state index contributed by atoms with van der Waals surface area (Å²) in [5.74, 6) is 2.16. The van der Waals surface area contributed by atoms with Gasteiger partial charge < -0.3 is 18.4 Å². The molecular weight excluding hydrogens is 410 g/mol. The van der Waals surface area contributed by atoms with Crippen LogP contribution in [-0.2, 0) is 11.3 Å². The number of rotatable bonds is 4. The van der Waals surface area contributed by atoms with Crippen molar-refractivity contribution in [1.29, 1.82) is 0 Å². The normalized spacial score (nSPS) is 13.4. The van der Waals surface area contributed by atoms with E-state index in [1.54, 1.807) is 25.3 Å². The van der Waals surface area contributed by atoms with E-state index < -0.39 is 0 Å². The average molecular weight is 426 g/mol. The molecule has 0 fully saturated rings. The Morgan fingerprint density at radius 2 is 2.10 bits per heavy atom. The Labute approximate surface area is 175 Å². The highest BCUT2D eigenvalue weighted by atomic mass is 35.5. The zero-order chi connectivity index (χ0) is 20.8. The van der Waals surface area contributed by atoms with Crippen molar-refractivity contribution in [2.24, 2.45) is 0 Å². The first-order valence-electron chi connectivity index (χ1n) is 9.16. The molecule has 0 aliphatic carbocycles. The molecule has 1 aliphatic rings. The quantitative estimate of drug-likeness (QED) is 0.479. The van der Waals surface area contributed by atoms with E-state index in [1.165, 1.54) is 4.90 Å². The van der Waals surface area contributed by atoms with Crippen LogP contribution in [0, 0.1) is 6.92 Å². The van der Waals surface area contributed by atoms with Crippen LogP contribution in [0.1, 0.15) is 11.5 Å². The van der Waals surface area contributed by atoms with Crippen LogP contribution < -0.4 is 14.4 Å². The maximum Gasteiger partial charge on any atom is 0.265 e. The molecule has 0 atom stereocenters. The molecule has 30 heavy (non-hydrogen) atoms. The van der Waals surface area contributed by atoms with E-state index in [1.807, 2.05) is 25.1 Å². The Morgan fingerprint density at radius 1 is 1.23 bits per heavy atom. The molecule has 0 bridgehead atoms. The lowest BCUT2D eigenvalue weighted by molar-refractivity contribution is -0.121. The number of nitrogens with zero attached hydrogens (tertiary/aromatic N) is 3. The van der Waals surface area contributed by atoms with Crippen LogP contribution in [-0.4, -0.2) is 29.8 Å². The third-order valence-electron chi connectivity index (χ3n) is 4.97. The molecule has 8 nitrogen and oxygen atoms in total. The minimum Gasteiger partial charge on any atom is -0.497 e. The summed E-state index contributed by atoms with van der Waals surface area (Å²) in [7, 11) is 1.61. The first-order chi connectivity index (χ1) is 14.5. The van der Waals surface area contributed by atoms with Crippen molar-refractivity contribution in [3.63, 3.8) is 0 Å². The molecule has 3 heterocycles. The van der Waals surface area contributed by atoms with Crippen LogP contribution in [0.5, 0.6) is 11.5 Å². The number of furan rings is 1. The van der Waals surface area contributed by atoms with E-state index in [0.29, 0.717) is 33.6 Å². The molecule has 1 amide bonds. The molecule has 0 saturated carbocycles. The number of hydrogen-bond donors (Lipinski definition) is 0. The summed E-state index contributed by atoms with van der Waals surface area (Å²) in [4.78, 5) is 18.4. The van der Waals surface area contributed by atoms with Crippen LogP contribution >= 0.6 is 11.6 Å². The number of methoxy groups -OCH3 is 1. The maximum atomic E-state index is 12.4. The lowest BCUT2D eigenvalue weighted by atomic mass is 10.1. The van der Waals surface area contributed by atoms with Crippen molar-refractivity contribution in [3.8, 4) is 23.1 Å². The van der Waals surface area contributed by atoms with Gasteiger partial charge in [-0.15, -0.1) is 0 Å². The highest BCUT2D eigenvalue weighted by Crippen LogP contribution is 2.36. The molecule has 1 aliphatic heterocycles. The molecule has 5 rings (SSSR count). The summed E-state index contributed by atoms with van der Waals surface area (Å²) in [5, 5.41) is 5.44. The third kappa shape index (κ3) is 3.05. The topological polar surface area (TPSA) is 90.8 Å². The largest absolute Gasteiger partial charge is 0.497 e. The molecule has 9 heteroatoms. The molecule has 0 spiro atoms. The van der Waals surface area contributed by atoms with Crippen molar-refractivity contribution >= 4 is 34.2 Å². The number of amides is 1. The number of aryl methyl sites for hydroxylation is 1. The number of ether oxygens (including phenoxy) is 2. The standard InChI is InChI=1S/C21H16ClN3O5/c1-11-14-8-13(27-2)4-6-16(14)29-20(11)21-23-18(30-24-21)9-25-15-7-12(22)3-5-17(15)28-10-19(25)26/h3-8H,9-10H2,1-2H3. The Kier molecular flexibility index (Phi) is 4.36. The predicted molar refractivity (Wildman–Crippen MR) is 109 cm³/mol. The third-order valence-corrected chi connectivity index (χ3v) is 5.21. The highest BCUT2D eigenvalue weighted by molar-refractivity contribution is 6.31. The van der Waals surface area contributed by atoms with Crippen LogP contribution in [0.2, 0.25) is 5.02 Å². The summed E-state index contributed by atoms with van der Waals surface area (Å²) in [6, 6.07) is 10.6. The smallest absolute Gasteiger partial charge is 0.265 e. The van der Waals surface area contributed by atoms with Gasteiger partial charge in [-0.3, -0.25) is 9.69 Å². The maximum absolute atomic E-state index is 12.4. The Hall–Kier alpha value is -3.52. The van der Waals surface area contributed by atoms with E-state index >= 15 is 0 Å². The number of carbonyl (C=O) groups is 1. The molecular formula is C21H16ClN3O5. The number of benzene rings is 2.